The number of carbonyl (C=O) groups excluding carboxylic acids is 4. The van der Waals surface area contributed by atoms with Crippen LogP contribution in [0.25, 0.3) is 0 Å². The van der Waals surface area contributed by atoms with E-state index in [-0.39, 0.29) is 25.7 Å². The lowest BCUT2D eigenvalue weighted by Gasteiger charge is -2.21. The van der Waals surface area contributed by atoms with Gasteiger partial charge in [-0.3, -0.25) is 37.3 Å². The Labute approximate surface area is 581 Å². The van der Waals surface area contributed by atoms with Crippen molar-refractivity contribution >= 4 is 39.5 Å². The van der Waals surface area contributed by atoms with E-state index in [9.17, 15) is 43.2 Å². The number of aliphatic hydroxyl groups excluding tert-OH is 1. The Hall–Kier alpha value is -1.94. The summed E-state index contributed by atoms with van der Waals surface area (Å²) in [6.07, 6.45) is 50.0. The van der Waals surface area contributed by atoms with Crippen molar-refractivity contribution in [2.75, 3.05) is 39.6 Å². The molecule has 0 aliphatic rings. The summed E-state index contributed by atoms with van der Waals surface area (Å²) in [6, 6.07) is 0. The van der Waals surface area contributed by atoms with E-state index in [1.807, 2.05) is 0 Å². The maximum absolute atomic E-state index is 13.1. The first-order valence-corrected chi connectivity index (χ1v) is 42.3. The Morgan fingerprint density at radius 2 is 0.505 bits per heavy atom. The summed E-state index contributed by atoms with van der Waals surface area (Å²) >= 11 is 0. The van der Waals surface area contributed by atoms with Crippen LogP contribution in [0, 0.1) is 23.7 Å². The molecule has 17 nitrogen and oxygen atoms in total. The summed E-state index contributed by atoms with van der Waals surface area (Å²) in [7, 11) is -9.91. The number of esters is 4. The monoisotopic (exact) mass is 1400 g/mol. The van der Waals surface area contributed by atoms with Crippen molar-refractivity contribution < 1.29 is 80.2 Å². The fraction of sp³-hybridized carbons (Fsp3) is 0.947. The molecule has 0 heterocycles. The first-order valence-electron chi connectivity index (χ1n) is 39.3. The van der Waals surface area contributed by atoms with E-state index in [1.54, 1.807) is 0 Å². The number of rotatable bonds is 73. The molecule has 19 heteroatoms. The number of hydrogen-bond acceptors (Lipinski definition) is 15. The smallest absolute Gasteiger partial charge is 0.462 e. The lowest BCUT2D eigenvalue weighted by molar-refractivity contribution is -0.161. The number of unbranched alkanes of at least 4 members (excludes halogenated alkanes) is 36. The summed E-state index contributed by atoms with van der Waals surface area (Å²) < 4.78 is 68.5. The molecule has 0 aliphatic carbocycles. The SMILES string of the molecule is CCC(C)CCCCCCCCCCCCCCCCC(=O)O[C@H](COC(=O)CCCCCCCCC(C)CC)COP(=O)(O)OC[C@H](O)COP(=O)(O)OC[C@@H](COC(=O)CCCCCCCCCCCCCCCCC(C)C)OC(=O)CCCCCCCCC(C)CC. The third-order valence-corrected chi connectivity index (χ3v) is 20.6. The van der Waals surface area contributed by atoms with Crippen molar-refractivity contribution in [3.8, 4) is 0 Å². The van der Waals surface area contributed by atoms with E-state index in [1.165, 1.54) is 180 Å². The number of phosphoric ester groups is 2. The predicted octanol–water partition coefficient (Wildman–Crippen LogP) is 22.0. The molecule has 0 fully saturated rings. The van der Waals surface area contributed by atoms with Gasteiger partial charge in [-0.2, -0.15) is 0 Å². The first-order chi connectivity index (χ1) is 45.7. The molecule has 5 unspecified atom stereocenters. The molecule has 0 aliphatic heterocycles. The van der Waals surface area contributed by atoms with Crippen LogP contribution in [0.3, 0.4) is 0 Å². The van der Waals surface area contributed by atoms with Gasteiger partial charge < -0.3 is 33.8 Å². The van der Waals surface area contributed by atoms with E-state index in [4.69, 9.17) is 37.0 Å². The van der Waals surface area contributed by atoms with Crippen molar-refractivity contribution in [3.63, 3.8) is 0 Å². The van der Waals surface area contributed by atoms with Gasteiger partial charge in [0.05, 0.1) is 26.4 Å². The number of ether oxygens (including phenoxy) is 4. The van der Waals surface area contributed by atoms with Gasteiger partial charge in [-0.05, 0) is 49.4 Å². The van der Waals surface area contributed by atoms with Crippen LogP contribution >= 0.6 is 15.6 Å². The second-order valence-electron chi connectivity index (χ2n) is 28.6. The third-order valence-electron chi connectivity index (χ3n) is 18.7. The van der Waals surface area contributed by atoms with Gasteiger partial charge in [0.15, 0.2) is 12.2 Å². The molecular formula is C76H148O17P2. The van der Waals surface area contributed by atoms with Gasteiger partial charge in [0, 0.05) is 25.7 Å². The molecule has 3 N–H and O–H groups in total. The summed E-state index contributed by atoms with van der Waals surface area (Å²) in [4.78, 5) is 72.8. The normalized spacial score (nSPS) is 15.0. The number of aliphatic hydroxyl groups is 1. The number of carbonyl (C=O) groups is 4. The standard InChI is InChI=1S/C76H148O17P2/c1-9-67(6)53-45-37-29-25-21-17-13-15-19-23-27-31-42-50-58-75(80)92-71(63-87-74(79)57-49-41-34-32-38-46-54-68(7)10-2)64-90-94(82,83)88-60-70(77)61-89-95(84,85)91-65-72(93-76(81)59-51-43-35-33-39-47-55-69(8)11-3)62-86-73(78)56-48-40-30-26-22-18-14-12-16-20-24-28-36-44-52-66(4)5/h66-72,77H,9-65H2,1-8H3,(H,82,83)(H,84,85)/t67?,68?,69?,70-,71+,72+/m0/s1. The van der Waals surface area contributed by atoms with Gasteiger partial charge in [0.1, 0.15) is 19.3 Å². The van der Waals surface area contributed by atoms with Crippen molar-refractivity contribution in [1.29, 1.82) is 0 Å². The zero-order valence-corrected chi connectivity index (χ0v) is 64.1. The minimum absolute atomic E-state index is 0.103. The van der Waals surface area contributed by atoms with Crippen LogP contribution in [0.15, 0.2) is 0 Å². The second-order valence-corrected chi connectivity index (χ2v) is 31.5. The van der Waals surface area contributed by atoms with Gasteiger partial charge in [-0.25, -0.2) is 9.13 Å². The molecule has 0 radical (unpaired) electrons. The molecule has 0 bridgehead atoms. The zero-order valence-electron chi connectivity index (χ0n) is 62.3. The van der Waals surface area contributed by atoms with Crippen LogP contribution in [0.2, 0.25) is 0 Å². The molecule has 0 rings (SSSR count). The van der Waals surface area contributed by atoms with Gasteiger partial charge in [0.25, 0.3) is 0 Å². The molecular weight excluding hydrogens is 1250 g/mol. The van der Waals surface area contributed by atoms with E-state index < -0.39 is 97.5 Å². The topological polar surface area (TPSA) is 237 Å². The van der Waals surface area contributed by atoms with Crippen LogP contribution in [0.5, 0.6) is 0 Å². The fourth-order valence-corrected chi connectivity index (χ4v) is 13.0. The van der Waals surface area contributed by atoms with E-state index >= 15 is 0 Å². The first kappa shape index (κ1) is 93.1. The van der Waals surface area contributed by atoms with Crippen molar-refractivity contribution in [2.24, 2.45) is 23.7 Å². The van der Waals surface area contributed by atoms with Gasteiger partial charge in [-0.1, -0.05) is 331 Å². The lowest BCUT2D eigenvalue weighted by atomic mass is 9.99. The number of hydrogen-bond donors (Lipinski definition) is 3. The van der Waals surface area contributed by atoms with E-state index in [0.717, 1.165) is 120 Å². The van der Waals surface area contributed by atoms with E-state index in [0.29, 0.717) is 25.7 Å². The molecule has 0 saturated heterocycles. The average Bonchev–Trinajstić information content (AvgIpc) is 3.74. The molecule has 0 aromatic heterocycles. The second kappa shape index (κ2) is 65.4. The molecule has 0 saturated carbocycles. The molecule has 0 aromatic rings. The quantitative estimate of drug-likeness (QED) is 0.0222. The van der Waals surface area contributed by atoms with Gasteiger partial charge in [-0.15, -0.1) is 0 Å². The van der Waals surface area contributed by atoms with E-state index in [2.05, 4.69) is 55.4 Å². The Bertz CT molecular complexity index is 1870. The Morgan fingerprint density at radius 1 is 0.295 bits per heavy atom. The third kappa shape index (κ3) is 66.4. The van der Waals surface area contributed by atoms with Crippen LogP contribution < -0.4 is 0 Å². The molecule has 0 spiro atoms. The Kier molecular flexibility index (Phi) is 64.0. The molecule has 0 aromatic carbocycles. The van der Waals surface area contributed by atoms with Crippen molar-refractivity contribution in [3.05, 3.63) is 0 Å². The highest BCUT2D eigenvalue weighted by molar-refractivity contribution is 7.47. The fourth-order valence-electron chi connectivity index (χ4n) is 11.5. The van der Waals surface area contributed by atoms with Gasteiger partial charge >= 0.3 is 39.5 Å². The average molecular weight is 1400 g/mol. The van der Waals surface area contributed by atoms with Crippen LogP contribution in [0.1, 0.15) is 383 Å². The van der Waals surface area contributed by atoms with Gasteiger partial charge in [0.2, 0.25) is 0 Å². The Morgan fingerprint density at radius 3 is 0.747 bits per heavy atom. The largest absolute Gasteiger partial charge is 0.472 e. The zero-order chi connectivity index (χ0) is 70.3. The van der Waals surface area contributed by atoms with Crippen LogP contribution in [-0.4, -0.2) is 96.7 Å². The molecule has 564 valence electrons. The summed E-state index contributed by atoms with van der Waals surface area (Å²) in [6.45, 7) is 14.2. The highest BCUT2D eigenvalue weighted by Crippen LogP contribution is 2.45. The van der Waals surface area contributed by atoms with Crippen LogP contribution in [0.4, 0.5) is 0 Å². The molecule has 95 heavy (non-hydrogen) atoms. The highest BCUT2D eigenvalue weighted by atomic mass is 31.2. The summed E-state index contributed by atoms with van der Waals surface area (Å²) in [5, 5.41) is 10.6. The minimum Gasteiger partial charge on any atom is -0.462 e. The minimum atomic E-state index is -4.96. The van der Waals surface area contributed by atoms with Crippen molar-refractivity contribution in [2.45, 2.75) is 401 Å². The van der Waals surface area contributed by atoms with Crippen LogP contribution in [-0.2, 0) is 65.4 Å². The van der Waals surface area contributed by atoms with Crippen molar-refractivity contribution in [1.82, 2.24) is 0 Å². The summed E-state index contributed by atoms with van der Waals surface area (Å²) in [5.41, 5.74) is 0. The molecule has 8 atom stereocenters. The maximum atomic E-state index is 13.1. The molecule has 0 amide bonds. The lowest BCUT2D eigenvalue weighted by Crippen LogP contribution is -2.30. The predicted molar refractivity (Wildman–Crippen MR) is 386 cm³/mol. The maximum Gasteiger partial charge on any atom is 0.472 e. The summed E-state index contributed by atoms with van der Waals surface area (Å²) in [5.74, 6) is 0.971. The Balaban J connectivity index is 5.20. The highest BCUT2D eigenvalue weighted by Gasteiger charge is 2.30. The number of phosphoric acid groups is 2.